The predicted molar refractivity (Wildman–Crippen MR) is 131 cm³/mol. The van der Waals surface area contributed by atoms with Gasteiger partial charge in [0.1, 0.15) is 0 Å². The minimum Gasteiger partial charge on any atom is -0.353 e. The Hall–Kier alpha value is -2.54. The van der Waals surface area contributed by atoms with Crippen LogP contribution in [0.1, 0.15) is 43.1 Å². The van der Waals surface area contributed by atoms with Crippen molar-refractivity contribution in [3.8, 4) is 12.3 Å². The Bertz CT molecular complexity index is 943. The summed E-state index contributed by atoms with van der Waals surface area (Å²) in [6.45, 7) is 4.38. The lowest BCUT2D eigenvalue weighted by atomic mass is 9.94. The number of rotatable bonds is 5. The summed E-state index contributed by atoms with van der Waals surface area (Å²) in [5.41, 5.74) is 3.87. The van der Waals surface area contributed by atoms with E-state index < -0.39 is 0 Å². The molecule has 8 heteroatoms. The third kappa shape index (κ3) is 6.23. The molecule has 0 spiro atoms. The number of fused-ring (bicyclic) bond motifs is 1. The molecule has 1 aliphatic carbocycles. The van der Waals surface area contributed by atoms with Gasteiger partial charge in [0.25, 0.3) is 0 Å². The van der Waals surface area contributed by atoms with E-state index in [0.29, 0.717) is 17.7 Å². The van der Waals surface area contributed by atoms with Gasteiger partial charge in [-0.2, -0.15) is 5.10 Å². The number of aryl methyl sites for hydroxylation is 1. The summed E-state index contributed by atoms with van der Waals surface area (Å²) in [6.07, 6.45) is 10.4. The average Bonchev–Trinajstić information content (AvgIpc) is 3.15. The van der Waals surface area contributed by atoms with Gasteiger partial charge in [0.05, 0.1) is 12.2 Å². The Kier molecular flexibility index (Phi) is 8.72. The summed E-state index contributed by atoms with van der Waals surface area (Å²) in [5.74, 6) is 3.00. The zero-order valence-corrected chi connectivity index (χ0v) is 19.9. The van der Waals surface area contributed by atoms with Gasteiger partial charge in [-0.3, -0.25) is 14.5 Å². The standard InChI is InChI=1S/C22H28N6O.HI/c1-5-16-7-6-8-18(11-16)25-21(29)13-24-22(23-4)26-19-10-9-17-14-28(15(2)3)27-20(17)12-19;/h1,6-8,11,14-15,19H,9-10,12-13H2,2-4H3,(H,25,29)(H2,23,24,26);1H. The van der Waals surface area contributed by atoms with Gasteiger partial charge in [0.15, 0.2) is 5.96 Å². The summed E-state index contributed by atoms with van der Waals surface area (Å²) in [6, 6.07) is 7.81. The van der Waals surface area contributed by atoms with Crippen molar-refractivity contribution in [2.45, 2.75) is 45.2 Å². The fourth-order valence-corrected chi connectivity index (χ4v) is 3.34. The lowest BCUT2D eigenvalue weighted by molar-refractivity contribution is -0.115. The molecule has 1 amide bonds. The van der Waals surface area contributed by atoms with E-state index in [1.807, 2.05) is 22.9 Å². The molecule has 0 saturated heterocycles. The van der Waals surface area contributed by atoms with E-state index >= 15 is 0 Å². The number of aromatic nitrogens is 2. The van der Waals surface area contributed by atoms with Gasteiger partial charge < -0.3 is 16.0 Å². The molecule has 160 valence electrons. The van der Waals surface area contributed by atoms with Gasteiger partial charge in [-0.05, 0) is 50.5 Å². The van der Waals surface area contributed by atoms with Crippen LogP contribution >= 0.6 is 24.0 Å². The number of terminal acetylenes is 1. The number of hydrogen-bond acceptors (Lipinski definition) is 3. The van der Waals surface area contributed by atoms with Crippen molar-refractivity contribution >= 4 is 41.5 Å². The van der Waals surface area contributed by atoms with Crippen LogP contribution in [0.25, 0.3) is 0 Å². The van der Waals surface area contributed by atoms with Crippen LogP contribution in [0.15, 0.2) is 35.5 Å². The first kappa shape index (κ1) is 23.7. The van der Waals surface area contributed by atoms with Crippen LogP contribution in [-0.2, 0) is 17.6 Å². The van der Waals surface area contributed by atoms with Crippen LogP contribution in [0.2, 0.25) is 0 Å². The van der Waals surface area contributed by atoms with E-state index in [1.54, 1.807) is 13.1 Å². The zero-order chi connectivity index (χ0) is 20.8. The number of hydrogen-bond donors (Lipinski definition) is 3. The molecule has 2 aromatic rings. The molecular weight excluding hydrogens is 491 g/mol. The lowest BCUT2D eigenvalue weighted by Gasteiger charge is -2.24. The molecule has 1 aromatic carbocycles. The average molecular weight is 520 g/mol. The van der Waals surface area contributed by atoms with E-state index in [9.17, 15) is 4.79 Å². The molecule has 1 aromatic heterocycles. The molecule has 0 fully saturated rings. The second kappa shape index (κ2) is 11.0. The van der Waals surface area contributed by atoms with E-state index in [1.165, 1.54) is 5.56 Å². The molecule has 3 N–H and O–H groups in total. The Morgan fingerprint density at radius 1 is 1.43 bits per heavy atom. The molecule has 7 nitrogen and oxygen atoms in total. The summed E-state index contributed by atoms with van der Waals surface area (Å²) in [4.78, 5) is 16.5. The van der Waals surface area contributed by atoms with E-state index in [-0.39, 0.29) is 42.5 Å². The van der Waals surface area contributed by atoms with Crippen molar-refractivity contribution in [2.75, 3.05) is 18.9 Å². The molecule has 0 saturated carbocycles. The third-order valence-electron chi connectivity index (χ3n) is 4.92. The number of carbonyl (C=O) groups excluding carboxylic acids is 1. The van der Waals surface area contributed by atoms with Gasteiger partial charge in [-0.1, -0.05) is 12.0 Å². The molecule has 1 heterocycles. The van der Waals surface area contributed by atoms with Gasteiger partial charge in [0, 0.05) is 43.0 Å². The van der Waals surface area contributed by atoms with Gasteiger partial charge in [-0.25, -0.2) is 0 Å². The molecule has 0 aliphatic heterocycles. The fourth-order valence-electron chi connectivity index (χ4n) is 3.34. The van der Waals surface area contributed by atoms with Gasteiger partial charge in [-0.15, -0.1) is 30.4 Å². The summed E-state index contributed by atoms with van der Waals surface area (Å²) in [5, 5.41) is 14.0. The van der Waals surface area contributed by atoms with Crippen molar-refractivity contribution in [3.63, 3.8) is 0 Å². The first-order valence-electron chi connectivity index (χ1n) is 9.89. The number of nitrogens with zero attached hydrogens (tertiary/aromatic N) is 3. The second-order valence-electron chi connectivity index (χ2n) is 7.46. The molecular formula is C22H29IN6O. The SMILES string of the molecule is C#Cc1cccc(NC(=O)CNC(=NC)NC2CCc3cn(C(C)C)nc3C2)c1.I. The normalized spacial score (nSPS) is 15.6. The smallest absolute Gasteiger partial charge is 0.243 e. The Morgan fingerprint density at radius 3 is 2.93 bits per heavy atom. The number of carbonyl (C=O) groups is 1. The molecule has 1 unspecified atom stereocenters. The zero-order valence-electron chi connectivity index (χ0n) is 17.6. The quantitative estimate of drug-likeness (QED) is 0.245. The molecule has 1 aliphatic rings. The van der Waals surface area contributed by atoms with Crippen LogP contribution < -0.4 is 16.0 Å². The molecule has 0 bridgehead atoms. The molecule has 0 radical (unpaired) electrons. The van der Waals surface area contributed by atoms with E-state index in [4.69, 9.17) is 11.5 Å². The monoisotopic (exact) mass is 520 g/mol. The van der Waals surface area contributed by atoms with Crippen LogP contribution in [-0.4, -0.2) is 41.3 Å². The number of aliphatic imine (C=N–C) groups is 1. The van der Waals surface area contributed by atoms with Gasteiger partial charge in [0.2, 0.25) is 5.91 Å². The molecule has 1 atom stereocenters. The van der Waals surface area contributed by atoms with Crippen LogP contribution in [0.3, 0.4) is 0 Å². The first-order chi connectivity index (χ1) is 14.0. The number of amides is 1. The van der Waals surface area contributed by atoms with Crippen molar-refractivity contribution in [1.29, 1.82) is 0 Å². The maximum Gasteiger partial charge on any atom is 0.243 e. The number of benzene rings is 1. The largest absolute Gasteiger partial charge is 0.353 e. The Labute approximate surface area is 195 Å². The van der Waals surface area contributed by atoms with E-state index in [2.05, 4.69) is 46.9 Å². The highest BCUT2D eigenvalue weighted by molar-refractivity contribution is 14.0. The number of anilines is 1. The maximum absolute atomic E-state index is 12.2. The highest BCUT2D eigenvalue weighted by Gasteiger charge is 2.23. The third-order valence-corrected chi connectivity index (χ3v) is 4.92. The topological polar surface area (TPSA) is 83.3 Å². The van der Waals surface area contributed by atoms with Crippen molar-refractivity contribution in [3.05, 3.63) is 47.3 Å². The maximum atomic E-state index is 12.2. The van der Waals surface area contributed by atoms with E-state index in [0.717, 1.165) is 30.5 Å². The van der Waals surface area contributed by atoms with Crippen molar-refractivity contribution < 1.29 is 4.79 Å². The predicted octanol–water partition coefficient (Wildman–Crippen LogP) is 2.72. The number of nitrogens with one attached hydrogen (secondary N) is 3. The Morgan fingerprint density at radius 2 is 2.23 bits per heavy atom. The summed E-state index contributed by atoms with van der Waals surface area (Å²) >= 11 is 0. The van der Waals surface area contributed by atoms with Crippen LogP contribution in [0.4, 0.5) is 5.69 Å². The minimum absolute atomic E-state index is 0. The summed E-state index contributed by atoms with van der Waals surface area (Å²) < 4.78 is 2.03. The van der Waals surface area contributed by atoms with Crippen LogP contribution in [0, 0.1) is 12.3 Å². The van der Waals surface area contributed by atoms with Crippen molar-refractivity contribution in [1.82, 2.24) is 20.4 Å². The highest BCUT2D eigenvalue weighted by atomic mass is 127. The first-order valence-corrected chi connectivity index (χ1v) is 9.89. The minimum atomic E-state index is -0.163. The number of halogens is 1. The molecule has 30 heavy (non-hydrogen) atoms. The Balaban J connectivity index is 0.00000320. The number of guanidine groups is 1. The lowest BCUT2D eigenvalue weighted by Crippen LogP contribution is -2.47. The fraction of sp³-hybridized carbons (Fsp3) is 0.409. The van der Waals surface area contributed by atoms with Crippen molar-refractivity contribution in [2.24, 2.45) is 4.99 Å². The second-order valence-corrected chi connectivity index (χ2v) is 7.46. The molecule has 3 rings (SSSR count). The highest BCUT2D eigenvalue weighted by Crippen LogP contribution is 2.21. The van der Waals surface area contributed by atoms with Gasteiger partial charge >= 0.3 is 0 Å². The summed E-state index contributed by atoms with van der Waals surface area (Å²) in [7, 11) is 1.70. The van der Waals surface area contributed by atoms with Crippen LogP contribution in [0.5, 0.6) is 0 Å².